The molecule has 2 fully saturated rings. The van der Waals surface area contributed by atoms with Crippen LogP contribution in [0.2, 0.25) is 0 Å². The Morgan fingerprint density at radius 2 is 1.89 bits per heavy atom. The molecular formula is C15H25N3. The molecule has 100 valence electrons. The van der Waals surface area contributed by atoms with Crippen LogP contribution in [0.15, 0.2) is 12.1 Å². The first-order valence-electron chi connectivity index (χ1n) is 7.40. The summed E-state index contributed by atoms with van der Waals surface area (Å²) in [5, 5.41) is 3.69. The second-order valence-corrected chi connectivity index (χ2v) is 5.98. The Morgan fingerprint density at radius 1 is 1.11 bits per heavy atom. The van der Waals surface area contributed by atoms with Gasteiger partial charge in [0.2, 0.25) is 0 Å². The third-order valence-electron chi connectivity index (χ3n) is 4.75. The highest BCUT2D eigenvalue weighted by atomic mass is 15.4. The molecule has 1 aliphatic heterocycles. The van der Waals surface area contributed by atoms with Crippen molar-refractivity contribution in [2.45, 2.75) is 58.0 Å². The van der Waals surface area contributed by atoms with Gasteiger partial charge >= 0.3 is 0 Å². The van der Waals surface area contributed by atoms with Gasteiger partial charge < -0.3 is 10.7 Å². The predicted octanol–water partition coefficient (Wildman–Crippen LogP) is 2.57. The maximum atomic E-state index is 3.76. The van der Waals surface area contributed by atoms with E-state index in [-0.39, 0.29) is 0 Å². The summed E-state index contributed by atoms with van der Waals surface area (Å²) in [6.45, 7) is 5.57. The molecular weight excluding hydrogens is 222 g/mol. The Balaban J connectivity index is 1.71. The van der Waals surface area contributed by atoms with Crippen molar-refractivity contribution in [2.24, 2.45) is 5.92 Å². The zero-order valence-electron chi connectivity index (χ0n) is 11.6. The van der Waals surface area contributed by atoms with Crippen LogP contribution in [0.5, 0.6) is 0 Å². The first-order valence-corrected chi connectivity index (χ1v) is 7.40. The summed E-state index contributed by atoms with van der Waals surface area (Å²) in [6, 6.07) is 5.78. The highest BCUT2D eigenvalue weighted by Crippen LogP contribution is 2.32. The second-order valence-electron chi connectivity index (χ2n) is 5.98. The van der Waals surface area contributed by atoms with Crippen molar-refractivity contribution in [2.75, 3.05) is 12.0 Å². The minimum Gasteiger partial charge on any atom is -0.323 e. The van der Waals surface area contributed by atoms with Gasteiger partial charge in [0.15, 0.2) is 0 Å². The first-order chi connectivity index (χ1) is 8.75. The van der Waals surface area contributed by atoms with E-state index in [0.29, 0.717) is 6.04 Å². The molecule has 0 bridgehead atoms. The number of rotatable bonds is 3. The molecule has 18 heavy (non-hydrogen) atoms. The van der Waals surface area contributed by atoms with E-state index in [1.54, 1.807) is 0 Å². The lowest BCUT2D eigenvalue weighted by Crippen LogP contribution is -2.41. The van der Waals surface area contributed by atoms with Gasteiger partial charge in [-0.25, -0.2) is 0 Å². The number of hydrogen-bond acceptors (Lipinski definition) is 2. The van der Waals surface area contributed by atoms with Crippen molar-refractivity contribution in [3.63, 3.8) is 0 Å². The molecule has 1 aromatic rings. The van der Waals surface area contributed by atoms with E-state index >= 15 is 0 Å². The van der Waals surface area contributed by atoms with Crippen molar-refractivity contribution in [1.29, 1.82) is 0 Å². The molecule has 1 saturated carbocycles. The van der Waals surface area contributed by atoms with Crippen LogP contribution >= 0.6 is 0 Å². The number of hydrogen-bond donors (Lipinski definition) is 2. The smallest absolute Gasteiger partial charge is 0.0467 e. The second kappa shape index (κ2) is 4.96. The standard InChI is InChI=1S/C15H25N3/c1-11-8-9-12(2)18(11)17-15-6-3-5-13(15)14-7-4-10-16-14/h8-9,13-17H,3-7,10H2,1-2H3. The Morgan fingerprint density at radius 3 is 2.56 bits per heavy atom. The summed E-state index contributed by atoms with van der Waals surface area (Å²) in [7, 11) is 0. The van der Waals surface area contributed by atoms with Gasteiger partial charge in [-0.05, 0) is 64.1 Å². The topological polar surface area (TPSA) is 29.0 Å². The summed E-state index contributed by atoms with van der Waals surface area (Å²) in [4.78, 5) is 0. The molecule has 3 nitrogen and oxygen atoms in total. The fourth-order valence-corrected chi connectivity index (χ4v) is 3.75. The van der Waals surface area contributed by atoms with E-state index in [2.05, 4.69) is 41.4 Å². The molecule has 0 spiro atoms. The summed E-state index contributed by atoms with van der Waals surface area (Å²) < 4.78 is 2.28. The summed E-state index contributed by atoms with van der Waals surface area (Å²) in [5.74, 6) is 0.814. The van der Waals surface area contributed by atoms with Gasteiger partial charge in [-0.2, -0.15) is 0 Å². The first kappa shape index (κ1) is 12.1. The maximum Gasteiger partial charge on any atom is 0.0467 e. The van der Waals surface area contributed by atoms with Gasteiger partial charge in [-0.15, -0.1) is 0 Å². The van der Waals surface area contributed by atoms with E-state index < -0.39 is 0 Å². The van der Waals surface area contributed by atoms with Crippen LogP contribution in [0.4, 0.5) is 0 Å². The minimum atomic E-state index is 0.644. The number of aromatic nitrogens is 1. The van der Waals surface area contributed by atoms with Crippen LogP contribution in [0.3, 0.4) is 0 Å². The molecule has 0 radical (unpaired) electrons. The van der Waals surface area contributed by atoms with Gasteiger partial charge in [0, 0.05) is 23.5 Å². The molecule has 3 heteroatoms. The predicted molar refractivity (Wildman–Crippen MR) is 75.4 cm³/mol. The normalized spacial score (nSPS) is 32.0. The Labute approximate surface area is 110 Å². The molecule has 3 unspecified atom stereocenters. The zero-order valence-corrected chi connectivity index (χ0v) is 11.6. The van der Waals surface area contributed by atoms with E-state index in [4.69, 9.17) is 0 Å². The molecule has 3 rings (SSSR count). The Kier molecular flexibility index (Phi) is 3.33. The van der Waals surface area contributed by atoms with Gasteiger partial charge in [0.05, 0.1) is 0 Å². The van der Waals surface area contributed by atoms with Crippen molar-refractivity contribution >= 4 is 0 Å². The van der Waals surface area contributed by atoms with Crippen molar-refractivity contribution in [3.05, 3.63) is 23.5 Å². The van der Waals surface area contributed by atoms with Crippen molar-refractivity contribution in [1.82, 2.24) is 9.99 Å². The van der Waals surface area contributed by atoms with Gasteiger partial charge in [0.25, 0.3) is 0 Å². The van der Waals surface area contributed by atoms with E-state index in [1.807, 2.05) is 0 Å². The number of nitrogens with one attached hydrogen (secondary N) is 2. The van der Waals surface area contributed by atoms with Gasteiger partial charge in [-0.1, -0.05) is 6.42 Å². The third kappa shape index (κ3) is 2.16. The van der Waals surface area contributed by atoms with Crippen LogP contribution in [-0.2, 0) is 0 Å². The molecule has 2 aliphatic rings. The molecule has 0 amide bonds. The van der Waals surface area contributed by atoms with Crippen LogP contribution in [0.25, 0.3) is 0 Å². The monoisotopic (exact) mass is 247 g/mol. The number of aryl methyl sites for hydroxylation is 2. The largest absolute Gasteiger partial charge is 0.323 e. The molecule has 1 aromatic heterocycles. The molecule has 2 heterocycles. The summed E-state index contributed by atoms with van der Waals surface area (Å²) in [5.41, 5.74) is 6.40. The lowest BCUT2D eigenvalue weighted by atomic mass is 9.93. The lowest BCUT2D eigenvalue weighted by molar-refractivity contribution is 0.362. The van der Waals surface area contributed by atoms with E-state index in [1.165, 1.54) is 50.0 Å². The van der Waals surface area contributed by atoms with Crippen molar-refractivity contribution < 1.29 is 0 Å². The summed E-state index contributed by atoms with van der Waals surface area (Å²) >= 11 is 0. The van der Waals surface area contributed by atoms with Crippen LogP contribution in [0, 0.1) is 19.8 Å². The van der Waals surface area contributed by atoms with Gasteiger partial charge in [0.1, 0.15) is 0 Å². The van der Waals surface area contributed by atoms with Crippen molar-refractivity contribution in [3.8, 4) is 0 Å². The minimum absolute atomic E-state index is 0.644. The van der Waals surface area contributed by atoms with Crippen LogP contribution in [-0.4, -0.2) is 23.3 Å². The van der Waals surface area contributed by atoms with Crippen LogP contribution in [0.1, 0.15) is 43.5 Å². The Bertz CT molecular complexity index is 384. The fraction of sp³-hybridized carbons (Fsp3) is 0.733. The number of nitrogens with zero attached hydrogens (tertiary/aromatic N) is 1. The quantitative estimate of drug-likeness (QED) is 0.859. The molecule has 2 N–H and O–H groups in total. The van der Waals surface area contributed by atoms with Crippen LogP contribution < -0.4 is 10.7 Å². The third-order valence-corrected chi connectivity index (χ3v) is 4.75. The lowest BCUT2D eigenvalue weighted by Gasteiger charge is -2.28. The Hall–Kier alpha value is -0.960. The SMILES string of the molecule is Cc1ccc(C)n1NC1CCCC1C1CCCN1. The highest BCUT2D eigenvalue weighted by molar-refractivity contribution is 5.16. The van der Waals surface area contributed by atoms with E-state index in [0.717, 1.165) is 12.0 Å². The van der Waals surface area contributed by atoms with E-state index in [9.17, 15) is 0 Å². The average Bonchev–Trinajstić information content (AvgIpc) is 3.06. The molecule has 1 aliphatic carbocycles. The average molecular weight is 247 g/mol. The summed E-state index contributed by atoms with van der Waals surface area (Å²) in [6.07, 6.45) is 6.80. The maximum absolute atomic E-state index is 3.76. The fourth-order valence-electron chi connectivity index (χ4n) is 3.75. The molecule has 1 saturated heterocycles. The molecule has 0 aromatic carbocycles. The molecule has 3 atom stereocenters. The highest BCUT2D eigenvalue weighted by Gasteiger charge is 2.35. The van der Waals surface area contributed by atoms with Gasteiger partial charge in [-0.3, -0.25) is 4.68 Å². The zero-order chi connectivity index (χ0) is 12.5.